The minimum atomic E-state index is -1.01. The van der Waals surface area contributed by atoms with Gasteiger partial charge in [-0.15, -0.1) is 0 Å². The van der Waals surface area contributed by atoms with E-state index in [4.69, 9.17) is 22.4 Å². The molecule has 94 valence electrons. The second kappa shape index (κ2) is 6.74. The fraction of sp³-hybridized carbons (Fsp3) is 0.444. The predicted octanol–water partition coefficient (Wildman–Crippen LogP) is 1.17. The highest BCUT2D eigenvalue weighted by molar-refractivity contribution is 6.29. The number of rotatable bonds is 6. The zero-order chi connectivity index (χ0) is 12.7. The van der Waals surface area contributed by atoms with Gasteiger partial charge in [0.25, 0.3) is 0 Å². The van der Waals surface area contributed by atoms with Gasteiger partial charge in [-0.3, -0.25) is 0 Å². The smallest absolute Gasteiger partial charge is 0.404 e. The van der Waals surface area contributed by atoms with Crippen LogP contribution in [0.1, 0.15) is 12.8 Å². The molecule has 1 amide bonds. The van der Waals surface area contributed by atoms with E-state index in [-0.39, 0.29) is 11.1 Å². The van der Waals surface area contributed by atoms with Crippen LogP contribution < -0.4 is 16.4 Å². The number of nitrogen functional groups attached to an aromatic ring is 1. The predicted molar refractivity (Wildman–Crippen MR) is 65.2 cm³/mol. The molecule has 1 aromatic heterocycles. The van der Waals surface area contributed by atoms with Crippen molar-refractivity contribution in [1.29, 1.82) is 0 Å². The number of hydrogen-bond donors (Lipinski definition) is 4. The van der Waals surface area contributed by atoms with Gasteiger partial charge in [-0.25, -0.2) is 9.78 Å². The van der Waals surface area contributed by atoms with E-state index in [1.165, 1.54) is 0 Å². The van der Waals surface area contributed by atoms with Gasteiger partial charge < -0.3 is 21.5 Å². The SMILES string of the molecule is Nc1nc(Cl)cc(NCCCCNC(=O)O)n1. The van der Waals surface area contributed by atoms with Crippen molar-refractivity contribution in [2.75, 3.05) is 24.1 Å². The van der Waals surface area contributed by atoms with Gasteiger partial charge in [-0.05, 0) is 12.8 Å². The molecule has 1 aromatic rings. The van der Waals surface area contributed by atoms with Crippen LogP contribution in [0, 0.1) is 0 Å². The normalized spacial score (nSPS) is 9.94. The largest absolute Gasteiger partial charge is 0.465 e. The van der Waals surface area contributed by atoms with E-state index in [2.05, 4.69) is 20.6 Å². The van der Waals surface area contributed by atoms with Crippen molar-refractivity contribution in [2.24, 2.45) is 0 Å². The highest BCUT2D eigenvalue weighted by atomic mass is 35.5. The van der Waals surface area contributed by atoms with Crippen molar-refractivity contribution >= 4 is 29.5 Å². The van der Waals surface area contributed by atoms with Gasteiger partial charge in [-0.2, -0.15) is 4.98 Å². The van der Waals surface area contributed by atoms with Crippen LogP contribution in [0.15, 0.2) is 6.07 Å². The van der Waals surface area contributed by atoms with Crippen molar-refractivity contribution in [3.8, 4) is 0 Å². The third kappa shape index (κ3) is 5.76. The Morgan fingerprint density at radius 3 is 2.76 bits per heavy atom. The first-order valence-corrected chi connectivity index (χ1v) is 5.46. The Hall–Kier alpha value is -1.76. The number of nitrogens with one attached hydrogen (secondary N) is 2. The molecule has 0 spiro atoms. The molecule has 17 heavy (non-hydrogen) atoms. The highest BCUT2D eigenvalue weighted by Gasteiger charge is 1.99. The first kappa shape index (κ1) is 13.3. The van der Waals surface area contributed by atoms with Gasteiger partial charge in [0.15, 0.2) is 0 Å². The molecule has 7 nitrogen and oxygen atoms in total. The van der Waals surface area contributed by atoms with Crippen molar-refractivity contribution < 1.29 is 9.90 Å². The van der Waals surface area contributed by atoms with Crippen LogP contribution in [0.4, 0.5) is 16.6 Å². The summed E-state index contributed by atoms with van der Waals surface area (Å²) in [5.41, 5.74) is 5.42. The lowest BCUT2D eigenvalue weighted by Gasteiger charge is -2.06. The summed E-state index contributed by atoms with van der Waals surface area (Å²) in [4.78, 5) is 17.8. The number of hydrogen-bond acceptors (Lipinski definition) is 5. The zero-order valence-corrected chi connectivity index (χ0v) is 9.87. The molecule has 0 atom stereocenters. The molecular weight excluding hydrogens is 246 g/mol. The number of unbranched alkanes of at least 4 members (excludes halogenated alkanes) is 1. The van der Waals surface area contributed by atoms with E-state index in [0.29, 0.717) is 18.9 Å². The molecule has 0 aliphatic rings. The summed E-state index contributed by atoms with van der Waals surface area (Å²) in [6.07, 6.45) is 0.545. The second-order valence-electron chi connectivity index (χ2n) is 3.30. The number of anilines is 2. The molecule has 5 N–H and O–H groups in total. The van der Waals surface area contributed by atoms with Crippen LogP contribution in [-0.2, 0) is 0 Å². The summed E-state index contributed by atoms with van der Waals surface area (Å²) in [5.74, 6) is 0.682. The fourth-order valence-corrected chi connectivity index (χ4v) is 1.38. The quantitative estimate of drug-likeness (QED) is 0.451. The van der Waals surface area contributed by atoms with Gasteiger partial charge in [0.2, 0.25) is 5.95 Å². The van der Waals surface area contributed by atoms with E-state index in [1.807, 2.05) is 0 Å². The number of nitrogens with two attached hydrogens (primary N) is 1. The van der Waals surface area contributed by atoms with Crippen LogP contribution in [0.3, 0.4) is 0 Å². The second-order valence-corrected chi connectivity index (χ2v) is 3.69. The van der Waals surface area contributed by atoms with Gasteiger partial charge in [0.1, 0.15) is 11.0 Å². The Bertz CT molecular complexity index is 367. The number of carbonyl (C=O) groups is 1. The number of nitrogens with zero attached hydrogens (tertiary/aromatic N) is 2. The van der Waals surface area contributed by atoms with Crippen molar-refractivity contribution in [2.45, 2.75) is 12.8 Å². The lowest BCUT2D eigenvalue weighted by molar-refractivity contribution is 0.194. The minimum Gasteiger partial charge on any atom is -0.465 e. The average Bonchev–Trinajstić information content (AvgIpc) is 2.21. The fourth-order valence-electron chi connectivity index (χ4n) is 1.19. The summed E-state index contributed by atoms with van der Waals surface area (Å²) in [5, 5.41) is 13.9. The van der Waals surface area contributed by atoms with Crippen LogP contribution >= 0.6 is 11.6 Å². The molecule has 8 heteroatoms. The van der Waals surface area contributed by atoms with Crippen LogP contribution in [0.2, 0.25) is 5.15 Å². The van der Waals surface area contributed by atoms with E-state index < -0.39 is 6.09 Å². The maximum absolute atomic E-state index is 10.2. The number of aromatic nitrogens is 2. The molecule has 0 saturated heterocycles. The molecule has 0 saturated carbocycles. The van der Waals surface area contributed by atoms with Crippen molar-refractivity contribution in [3.63, 3.8) is 0 Å². The average molecular weight is 260 g/mol. The van der Waals surface area contributed by atoms with Crippen LogP contribution in [-0.4, -0.2) is 34.3 Å². The summed E-state index contributed by atoms with van der Waals surface area (Å²) < 4.78 is 0. The van der Waals surface area contributed by atoms with Gasteiger partial charge in [0, 0.05) is 19.2 Å². The molecule has 0 unspecified atom stereocenters. The third-order valence-electron chi connectivity index (χ3n) is 1.90. The Labute approximate surface area is 103 Å². The molecule has 0 bridgehead atoms. The Morgan fingerprint density at radius 1 is 1.41 bits per heavy atom. The number of amides is 1. The minimum absolute atomic E-state index is 0.118. The van der Waals surface area contributed by atoms with E-state index >= 15 is 0 Å². The maximum Gasteiger partial charge on any atom is 0.404 e. The van der Waals surface area contributed by atoms with E-state index in [1.54, 1.807) is 6.07 Å². The first-order chi connectivity index (χ1) is 8.08. The van der Waals surface area contributed by atoms with Crippen LogP contribution in [0.5, 0.6) is 0 Å². The molecule has 0 radical (unpaired) electrons. The lowest BCUT2D eigenvalue weighted by Crippen LogP contribution is -2.22. The monoisotopic (exact) mass is 259 g/mol. The molecule has 1 heterocycles. The van der Waals surface area contributed by atoms with E-state index in [0.717, 1.165) is 12.8 Å². The molecule has 0 aliphatic heterocycles. The highest BCUT2D eigenvalue weighted by Crippen LogP contribution is 2.12. The first-order valence-electron chi connectivity index (χ1n) is 5.08. The van der Waals surface area contributed by atoms with Crippen molar-refractivity contribution in [1.82, 2.24) is 15.3 Å². The van der Waals surface area contributed by atoms with Crippen molar-refractivity contribution in [3.05, 3.63) is 11.2 Å². The van der Waals surface area contributed by atoms with E-state index in [9.17, 15) is 4.79 Å². The summed E-state index contributed by atoms with van der Waals surface area (Å²) in [6, 6.07) is 1.58. The maximum atomic E-state index is 10.2. The lowest BCUT2D eigenvalue weighted by atomic mass is 10.3. The molecule has 0 fully saturated rings. The zero-order valence-electron chi connectivity index (χ0n) is 9.11. The Kier molecular flexibility index (Phi) is 5.28. The molecule has 0 aliphatic carbocycles. The summed E-state index contributed by atoms with van der Waals surface area (Å²) in [7, 11) is 0. The summed E-state index contributed by atoms with van der Waals surface area (Å²) in [6.45, 7) is 1.10. The number of carboxylic acid groups (broad SMARTS) is 1. The Morgan fingerprint density at radius 2 is 2.12 bits per heavy atom. The molecule has 0 aromatic carbocycles. The molecule has 1 rings (SSSR count). The third-order valence-corrected chi connectivity index (χ3v) is 2.09. The topological polar surface area (TPSA) is 113 Å². The van der Waals surface area contributed by atoms with Gasteiger partial charge >= 0.3 is 6.09 Å². The molecular formula is C9H14ClN5O2. The van der Waals surface area contributed by atoms with Crippen LogP contribution in [0.25, 0.3) is 0 Å². The number of halogens is 1. The summed E-state index contributed by atoms with van der Waals surface area (Å²) >= 11 is 5.70. The Balaban J connectivity index is 2.20. The van der Waals surface area contributed by atoms with Gasteiger partial charge in [0.05, 0.1) is 0 Å². The standard InChI is InChI=1S/C9H14ClN5O2/c10-6-5-7(15-8(11)14-6)12-3-1-2-4-13-9(16)17/h5,13H,1-4H2,(H,16,17)(H3,11,12,14,15). The van der Waals surface area contributed by atoms with Gasteiger partial charge in [-0.1, -0.05) is 11.6 Å².